The quantitative estimate of drug-likeness (QED) is 0.184. The van der Waals surface area contributed by atoms with E-state index in [-0.39, 0.29) is 0 Å². The molecule has 1 fully saturated rings. The summed E-state index contributed by atoms with van der Waals surface area (Å²) in [4.78, 5) is 0. The minimum Gasteiger partial charge on any atom is -0.399 e. The van der Waals surface area contributed by atoms with E-state index in [2.05, 4.69) is 135 Å². The van der Waals surface area contributed by atoms with Gasteiger partial charge in [-0.2, -0.15) is 0 Å². The Bertz CT molecular complexity index is 2550. The molecule has 46 heavy (non-hydrogen) atoms. The van der Waals surface area contributed by atoms with E-state index in [9.17, 15) is 0 Å². The largest absolute Gasteiger partial charge is 0.495 e. The average Bonchev–Trinajstić information content (AvgIpc) is 3.54. The average molecular weight is 599 g/mol. The number of benzene rings is 6. The number of aryl methyl sites for hydroxylation is 5. The zero-order chi connectivity index (χ0) is 32.0. The van der Waals surface area contributed by atoms with Crippen molar-refractivity contribution in [2.24, 2.45) is 0 Å². The van der Waals surface area contributed by atoms with Crippen molar-refractivity contribution in [2.75, 3.05) is 0 Å². The summed E-state index contributed by atoms with van der Waals surface area (Å²) >= 11 is 0. The van der Waals surface area contributed by atoms with Gasteiger partial charge in [0.25, 0.3) is 0 Å². The van der Waals surface area contributed by atoms with E-state index in [1.807, 2.05) is 0 Å². The van der Waals surface area contributed by atoms with Gasteiger partial charge in [0, 0.05) is 0 Å². The summed E-state index contributed by atoms with van der Waals surface area (Å²) in [5, 5.41) is 16.1. The second-order valence-corrected chi connectivity index (χ2v) is 15.1. The first-order valence-corrected chi connectivity index (χ1v) is 16.6. The van der Waals surface area contributed by atoms with Crippen molar-refractivity contribution >= 4 is 77.2 Å². The molecule has 0 amide bonds. The van der Waals surface area contributed by atoms with Gasteiger partial charge in [0.2, 0.25) is 0 Å². The lowest BCUT2D eigenvalue weighted by atomic mass is 9.75. The minimum absolute atomic E-state index is 0.406. The molecule has 8 aromatic rings. The Labute approximate surface area is 271 Å². The molecule has 1 aliphatic heterocycles. The first-order valence-electron chi connectivity index (χ1n) is 16.6. The van der Waals surface area contributed by atoms with Crippen molar-refractivity contribution in [1.82, 2.24) is 0 Å². The highest BCUT2D eigenvalue weighted by atomic mass is 16.7. The van der Waals surface area contributed by atoms with Gasteiger partial charge in [-0.1, -0.05) is 89.5 Å². The molecule has 1 saturated heterocycles. The summed E-state index contributed by atoms with van der Waals surface area (Å²) in [5.74, 6) is 0. The van der Waals surface area contributed by atoms with Gasteiger partial charge in [0.1, 0.15) is 0 Å². The minimum atomic E-state index is -0.425. The Morgan fingerprint density at radius 1 is 0.457 bits per heavy atom. The molecule has 0 aromatic heterocycles. The molecular formula is C43H39BO2. The standard InChI is InChI=1S/C43H39BO2/c1-22-15-23(2)18-27(17-22)36-33-21-25(4)20-31-35-26(5)16-24(3)19-32(35)41(38(31)33)40-30-13-14-34(44-45-42(6,7)43(8,9)46-44)28-11-10-12-29(37(28)30)39(36)40/h10-21H,1-9H3. The van der Waals surface area contributed by atoms with Gasteiger partial charge in [0.05, 0.1) is 11.2 Å². The third kappa shape index (κ3) is 3.56. The molecule has 226 valence electrons. The van der Waals surface area contributed by atoms with Crippen LogP contribution in [-0.2, 0) is 9.31 Å². The fourth-order valence-corrected chi connectivity index (χ4v) is 8.73. The summed E-state index contributed by atoms with van der Waals surface area (Å²) in [7, 11) is -0.425. The molecule has 0 radical (unpaired) electrons. The molecule has 2 nitrogen and oxygen atoms in total. The van der Waals surface area contributed by atoms with Crippen molar-refractivity contribution in [2.45, 2.75) is 73.5 Å². The van der Waals surface area contributed by atoms with Gasteiger partial charge in [-0.3, -0.25) is 0 Å². The molecule has 0 bridgehead atoms. The monoisotopic (exact) mass is 598 g/mol. The second kappa shape index (κ2) is 9.00. The molecule has 3 heteroatoms. The van der Waals surface area contributed by atoms with Crippen LogP contribution < -0.4 is 5.46 Å². The van der Waals surface area contributed by atoms with E-state index in [1.165, 1.54) is 104 Å². The zero-order valence-electron chi connectivity index (χ0n) is 28.3. The Morgan fingerprint density at radius 2 is 1.00 bits per heavy atom. The Kier molecular flexibility index (Phi) is 5.49. The smallest absolute Gasteiger partial charge is 0.399 e. The van der Waals surface area contributed by atoms with Crippen LogP contribution in [0.3, 0.4) is 0 Å². The van der Waals surface area contributed by atoms with Crippen molar-refractivity contribution in [3.8, 4) is 11.1 Å². The lowest BCUT2D eigenvalue weighted by Crippen LogP contribution is -2.41. The maximum atomic E-state index is 6.63. The highest BCUT2D eigenvalue weighted by Crippen LogP contribution is 2.54. The third-order valence-corrected chi connectivity index (χ3v) is 11.2. The van der Waals surface area contributed by atoms with Crippen LogP contribution in [0.2, 0.25) is 0 Å². The van der Waals surface area contributed by atoms with Crippen LogP contribution in [0.15, 0.2) is 72.8 Å². The Hall–Kier alpha value is -4.18. The summed E-state index contributed by atoms with van der Waals surface area (Å²) < 4.78 is 13.3. The van der Waals surface area contributed by atoms with Crippen LogP contribution in [0.5, 0.6) is 0 Å². The molecule has 1 aliphatic rings. The zero-order valence-corrected chi connectivity index (χ0v) is 28.3. The van der Waals surface area contributed by atoms with Crippen LogP contribution in [0.1, 0.15) is 55.5 Å². The number of fused-ring (bicyclic) bond motifs is 7. The summed E-state index contributed by atoms with van der Waals surface area (Å²) in [6.07, 6.45) is 0. The number of hydrogen-bond donors (Lipinski definition) is 0. The van der Waals surface area contributed by atoms with Crippen LogP contribution in [-0.4, -0.2) is 18.3 Å². The fraction of sp³-hybridized carbons (Fsp3) is 0.256. The van der Waals surface area contributed by atoms with Gasteiger partial charge in [-0.25, -0.2) is 0 Å². The maximum absolute atomic E-state index is 6.63. The van der Waals surface area contributed by atoms with E-state index < -0.39 is 18.3 Å². The normalized spacial score (nSPS) is 16.5. The van der Waals surface area contributed by atoms with Crippen molar-refractivity contribution < 1.29 is 9.31 Å². The molecule has 0 saturated carbocycles. The molecule has 9 rings (SSSR count). The van der Waals surface area contributed by atoms with Crippen molar-refractivity contribution in [1.29, 1.82) is 0 Å². The van der Waals surface area contributed by atoms with E-state index >= 15 is 0 Å². The second-order valence-electron chi connectivity index (χ2n) is 15.1. The van der Waals surface area contributed by atoms with E-state index in [1.54, 1.807) is 0 Å². The first-order chi connectivity index (χ1) is 21.8. The van der Waals surface area contributed by atoms with E-state index in [4.69, 9.17) is 9.31 Å². The SMILES string of the molecule is Cc1cc(C)cc(-c2c3cc(C)cc4c5c(C)cc(C)cc5c(c34)c3c4ccc(B5OC(C)(C)C(C)(C)O5)c5cccc(c23)c54)c1. The predicted octanol–water partition coefficient (Wildman–Crippen LogP) is 11.0. The van der Waals surface area contributed by atoms with E-state index in [0.29, 0.717) is 0 Å². The van der Waals surface area contributed by atoms with Gasteiger partial charge in [-0.15, -0.1) is 0 Å². The summed E-state index contributed by atoms with van der Waals surface area (Å²) in [6.45, 7) is 19.7. The third-order valence-electron chi connectivity index (χ3n) is 11.2. The Morgan fingerprint density at radius 3 is 1.70 bits per heavy atom. The van der Waals surface area contributed by atoms with Gasteiger partial charge in [-0.05, 0) is 155 Å². The molecule has 0 unspecified atom stereocenters. The lowest BCUT2D eigenvalue weighted by molar-refractivity contribution is 0.00578. The van der Waals surface area contributed by atoms with Crippen LogP contribution in [0, 0.1) is 34.6 Å². The van der Waals surface area contributed by atoms with Crippen LogP contribution in [0.4, 0.5) is 0 Å². The van der Waals surface area contributed by atoms with Gasteiger partial charge < -0.3 is 9.31 Å². The summed E-state index contributed by atoms with van der Waals surface area (Å²) in [6, 6.07) is 28.1. The molecular weight excluding hydrogens is 559 g/mol. The first kappa shape index (κ1) is 28.1. The number of rotatable bonds is 2. The Balaban J connectivity index is 1.55. The predicted molar refractivity (Wildman–Crippen MR) is 199 cm³/mol. The molecule has 1 heterocycles. The summed E-state index contributed by atoms with van der Waals surface area (Å²) in [5.41, 5.74) is 9.44. The van der Waals surface area contributed by atoms with E-state index in [0.717, 1.165) is 5.46 Å². The van der Waals surface area contributed by atoms with Crippen molar-refractivity contribution in [3.05, 3.63) is 101 Å². The van der Waals surface area contributed by atoms with Crippen LogP contribution in [0.25, 0.3) is 75.8 Å². The van der Waals surface area contributed by atoms with Crippen LogP contribution >= 0.6 is 0 Å². The molecule has 0 spiro atoms. The fourth-order valence-electron chi connectivity index (χ4n) is 8.73. The highest BCUT2D eigenvalue weighted by Gasteiger charge is 2.52. The highest BCUT2D eigenvalue weighted by molar-refractivity contribution is 6.66. The molecule has 0 N–H and O–H groups in total. The van der Waals surface area contributed by atoms with Gasteiger partial charge >= 0.3 is 7.12 Å². The van der Waals surface area contributed by atoms with Crippen molar-refractivity contribution in [3.63, 3.8) is 0 Å². The molecule has 0 aliphatic carbocycles. The molecule has 0 atom stereocenters. The van der Waals surface area contributed by atoms with Gasteiger partial charge in [0.15, 0.2) is 0 Å². The topological polar surface area (TPSA) is 18.5 Å². The lowest BCUT2D eigenvalue weighted by Gasteiger charge is -2.32. The number of hydrogen-bond acceptors (Lipinski definition) is 2. The molecule has 8 aromatic carbocycles. The maximum Gasteiger partial charge on any atom is 0.495 e.